The zero-order valence-corrected chi connectivity index (χ0v) is 10.8. The summed E-state index contributed by atoms with van der Waals surface area (Å²) in [6.07, 6.45) is 2.34. The van der Waals surface area contributed by atoms with Crippen LogP contribution in [-0.2, 0) is 14.4 Å². The van der Waals surface area contributed by atoms with Crippen LogP contribution in [-0.4, -0.2) is 46.7 Å². The third-order valence-corrected chi connectivity index (χ3v) is 3.59. The van der Waals surface area contributed by atoms with Gasteiger partial charge in [-0.15, -0.1) is 0 Å². The fourth-order valence-electron chi connectivity index (χ4n) is 2.44. The molecule has 0 spiro atoms. The number of rotatable bonds is 3. The molecule has 2 rings (SSSR count). The van der Waals surface area contributed by atoms with Gasteiger partial charge in [-0.1, -0.05) is 0 Å². The number of hydrogen-bond acceptors (Lipinski definition) is 4. The number of carbonyl (C=O) groups excluding carboxylic acids is 2. The summed E-state index contributed by atoms with van der Waals surface area (Å²) >= 11 is 0. The first kappa shape index (κ1) is 13.5. The van der Waals surface area contributed by atoms with Crippen molar-refractivity contribution in [3.63, 3.8) is 0 Å². The van der Waals surface area contributed by atoms with Gasteiger partial charge in [0.2, 0.25) is 5.91 Å². The molecular formula is C12H17N3O4. The number of nitrogens with zero attached hydrogens (tertiary/aromatic N) is 2. The molecule has 1 aliphatic carbocycles. The fourth-order valence-corrected chi connectivity index (χ4v) is 2.44. The summed E-state index contributed by atoms with van der Waals surface area (Å²) in [5.74, 6) is -1.58. The molecular weight excluding hydrogens is 250 g/mol. The first-order valence-electron chi connectivity index (χ1n) is 6.35. The molecule has 1 aliphatic heterocycles. The normalized spacial score (nSPS) is 27.1. The van der Waals surface area contributed by atoms with Crippen LogP contribution in [0.1, 0.15) is 32.1 Å². The number of carboxylic acid groups (broad SMARTS) is 1. The van der Waals surface area contributed by atoms with E-state index in [1.165, 1.54) is 12.1 Å². The third kappa shape index (κ3) is 3.10. The highest BCUT2D eigenvalue weighted by atomic mass is 16.4. The van der Waals surface area contributed by atoms with Crippen LogP contribution in [0.3, 0.4) is 0 Å². The van der Waals surface area contributed by atoms with Gasteiger partial charge in [0.05, 0.1) is 5.92 Å². The van der Waals surface area contributed by atoms with E-state index in [1.807, 2.05) is 0 Å². The van der Waals surface area contributed by atoms with E-state index in [-0.39, 0.29) is 30.2 Å². The van der Waals surface area contributed by atoms with Crippen LogP contribution in [0, 0.1) is 5.92 Å². The minimum absolute atomic E-state index is 0.108. The second kappa shape index (κ2) is 5.38. The standard InChI is InChI=1S/C12H17N3O4/c1-15-10(16)5-4-9(14-15)11(17)13-8-3-2-7(6-8)12(18)19/h7-8H,2-6H2,1H3,(H,13,17)(H,18,19)/t7-,8+/m1/s1. The Kier molecular flexibility index (Phi) is 3.82. The minimum Gasteiger partial charge on any atom is -0.481 e. The molecule has 0 unspecified atom stereocenters. The van der Waals surface area contributed by atoms with E-state index in [0.717, 1.165) is 0 Å². The second-order valence-corrected chi connectivity index (χ2v) is 4.98. The van der Waals surface area contributed by atoms with Crippen LogP contribution in [0.2, 0.25) is 0 Å². The summed E-state index contributed by atoms with van der Waals surface area (Å²) in [5.41, 5.74) is 0.334. The molecule has 0 aromatic rings. The molecule has 1 saturated carbocycles. The van der Waals surface area contributed by atoms with Gasteiger partial charge >= 0.3 is 5.97 Å². The lowest BCUT2D eigenvalue weighted by Gasteiger charge is -2.20. The van der Waals surface area contributed by atoms with Crippen LogP contribution in [0.4, 0.5) is 0 Å². The van der Waals surface area contributed by atoms with Crippen molar-refractivity contribution in [1.29, 1.82) is 0 Å². The maximum absolute atomic E-state index is 12.0. The van der Waals surface area contributed by atoms with Gasteiger partial charge in [0, 0.05) is 25.9 Å². The van der Waals surface area contributed by atoms with Crippen molar-refractivity contribution in [2.45, 2.75) is 38.1 Å². The molecule has 0 aromatic heterocycles. The Hall–Kier alpha value is -1.92. The number of amides is 2. The van der Waals surface area contributed by atoms with E-state index in [4.69, 9.17) is 5.11 Å². The van der Waals surface area contributed by atoms with Crippen molar-refractivity contribution >= 4 is 23.5 Å². The Morgan fingerprint density at radius 3 is 2.68 bits per heavy atom. The lowest BCUT2D eigenvalue weighted by Crippen LogP contribution is -2.41. The summed E-state index contributed by atoms with van der Waals surface area (Å²) in [7, 11) is 1.52. The van der Waals surface area contributed by atoms with Crippen LogP contribution >= 0.6 is 0 Å². The Morgan fingerprint density at radius 2 is 2.11 bits per heavy atom. The maximum Gasteiger partial charge on any atom is 0.306 e. The summed E-state index contributed by atoms with van der Waals surface area (Å²) in [6, 6.07) is -0.112. The fraction of sp³-hybridized carbons (Fsp3) is 0.667. The molecule has 19 heavy (non-hydrogen) atoms. The number of carbonyl (C=O) groups is 3. The van der Waals surface area contributed by atoms with Crippen molar-refractivity contribution in [3.05, 3.63) is 0 Å². The summed E-state index contributed by atoms with van der Waals surface area (Å²) in [6.45, 7) is 0. The van der Waals surface area contributed by atoms with Crippen molar-refractivity contribution in [2.24, 2.45) is 11.0 Å². The van der Waals surface area contributed by atoms with Gasteiger partial charge in [-0.3, -0.25) is 14.4 Å². The largest absolute Gasteiger partial charge is 0.481 e. The molecule has 2 N–H and O–H groups in total. The highest BCUT2D eigenvalue weighted by Crippen LogP contribution is 2.25. The van der Waals surface area contributed by atoms with Crippen LogP contribution in [0.5, 0.6) is 0 Å². The van der Waals surface area contributed by atoms with E-state index in [2.05, 4.69) is 10.4 Å². The quantitative estimate of drug-likeness (QED) is 0.749. The highest BCUT2D eigenvalue weighted by Gasteiger charge is 2.32. The summed E-state index contributed by atoms with van der Waals surface area (Å²) in [5, 5.41) is 16.8. The monoisotopic (exact) mass is 267 g/mol. The Labute approximate surface area is 110 Å². The van der Waals surface area contributed by atoms with Gasteiger partial charge < -0.3 is 10.4 Å². The zero-order valence-electron chi connectivity index (χ0n) is 10.8. The number of hydrogen-bond donors (Lipinski definition) is 2. The van der Waals surface area contributed by atoms with Gasteiger partial charge in [-0.2, -0.15) is 5.10 Å². The lowest BCUT2D eigenvalue weighted by molar-refractivity contribution is -0.141. The van der Waals surface area contributed by atoms with E-state index < -0.39 is 5.97 Å². The molecule has 2 amide bonds. The second-order valence-electron chi connectivity index (χ2n) is 4.98. The van der Waals surface area contributed by atoms with Crippen molar-refractivity contribution in [2.75, 3.05) is 7.05 Å². The van der Waals surface area contributed by atoms with Gasteiger partial charge in [0.15, 0.2) is 0 Å². The smallest absolute Gasteiger partial charge is 0.306 e. The molecule has 7 nitrogen and oxygen atoms in total. The summed E-state index contributed by atoms with van der Waals surface area (Å²) in [4.78, 5) is 34.0. The lowest BCUT2D eigenvalue weighted by atomic mass is 10.1. The van der Waals surface area contributed by atoms with Gasteiger partial charge in [-0.25, -0.2) is 5.01 Å². The topological polar surface area (TPSA) is 99.1 Å². The molecule has 0 bridgehead atoms. The number of aliphatic carboxylic acids is 1. The zero-order chi connectivity index (χ0) is 14.0. The van der Waals surface area contributed by atoms with Crippen LogP contribution in [0.15, 0.2) is 5.10 Å². The van der Waals surface area contributed by atoms with Crippen LogP contribution in [0.25, 0.3) is 0 Å². The number of hydrazone groups is 1. The van der Waals surface area contributed by atoms with E-state index >= 15 is 0 Å². The Balaban J connectivity index is 1.90. The first-order chi connectivity index (χ1) is 8.97. The van der Waals surface area contributed by atoms with Gasteiger partial charge in [0.25, 0.3) is 5.91 Å². The van der Waals surface area contributed by atoms with E-state index in [9.17, 15) is 14.4 Å². The molecule has 1 fully saturated rings. The highest BCUT2D eigenvalue weighted by molar-refractivity contribution is 6.39. The number of nitrogens with one attached hydrogen (secondary N) is 1. The van der Waals surface area contributed by atoms with Crippen molar-refractivity contribution in [1.82, 2.24) is 10.3 Å². The third-order valence-electron chi connectivity index (χ3n) is 3.59. The molecule has 0 aromatic carbocycles. The molecule has 0 radical (unpaired) electrons. The average molecular weight is 267 g/mol. The maximum atomic E-state index is 12.0. The summed E-state index contributed by atoms with van der Waals surface area (Å²) < 4.78 is 0. The Bertz CT molecular complexity index is 446. The first-order valence-corrected chi connectivity index (χ1v) is 6.35. The molecule has 2 atom stereocenters. The predicted molar refractivity (Wildman–Crippen MR) is 66.3 cm³/mol. The van der Waals surface area contributed by atoms with Crippen molar-refractivity contribution in [3.8, 4) is 0 Å². The number of carboxylic acids is 1. The van der Waals surface area contributed by atoms with E-state index in [0.29, 0.717) is 31.4 Å². The van der Waals surface area contributed by atoms with Gasteiger partial charge in [0.1, 0.15) is 5.71 Å². The minimum atomic E-state index is -0.808. The predicted octanol–water partition coefficient (Wildman–Crippen LogP) is -0.0359. The average Bonchev–Trinajstić information content (AvgIpc) is 2.81. The SMILES string of the molecule is CN1N=C(C(=O)N[C@H]2CC[C@@H](C(=O)O)C2)CCC1=O. The van der Waals surface area contributed by atoms with Gasteiger partial charge in [-0.05, 0) is 19.3 Å². The molecule has 0 saturated heterocycles. The molecule has 2 aliphatic rings. The Morgan fingerprint density at radius 1 is 1.37 bits per heavy atom. The van der Waals surface area contributed by atoms with Crippen LogP contribution < -0.4 is 5.32 Å². The van der Waals surface area contributed by atoms with Crippen molar-refractivity contribution < 1.29 is 19.5 Å². The molecule has 104 valence electrons. The molecule has 1 heterocycles. The molecule has 7 heteroatoms. The van der Waals surface area contributed by atoms with E-state index in [1.54, 1.807) is 0 Å².